The van der Waals surface area contributed by atoms with E-state index in [9.17, 15) is 28.2 Å². The van der Waals surface area contributed by atoms with Crippen molar-refractivity contribution in [3.05, 3.63) is 108 Å². The van der Waals surface area contributed by atoms with Gasteiger partial charge in [-0.2, -0.15) is 5.10 Å². The largest absolute Gasteiger partial charge is 0.480 e. The third-order valence-corrected chi connectivity index (χ3v) is 8.17. The average Bonchev–Trinajstić information content (AvgIpc) is 3.57. The first-order valence-electron chi connectivity index (χ1n) is 11.5. The van der Waals surface area contributed by atoms with Crippen LogP contribution in [0.25, 0.3) is 5.69 Å². The number of aromatic nitrogens is 2. The van der Waals surface area contributed by atoms with Crippen molar-refractivity contribution in [1.29, 1.82) is 0 Å². The molecule has 1 fully saturated rings. The summed E-state index contributed by atoms with van der Waals surface area (Å²) in [7, 11) is -4.19. The molecule has 3 aromatic carbocycles. The van der Waals surface area contributed by atoms with E-state index in [0.717, 1.165) is 16.3 Å². The Morgan fingerprint density at radius 2 is 1.59 bits per heavy atom. The van der Waals surface area contributed by atoms with Crippen molar-refractivity contribution in [2.45, 2.75) is 23.2 Å². The molecule has 0 aliphatic heterocycles. The molecular formula is C27H23N3O6S. The zero-order chi connectivity index (χ0) is 26.2. The summed E-state index contributed by atoms with van der Waals surface area (Å²) in [6.45, 7) is -0.786. The number of carbonyl (C=O) groups is 2. The summed E-state index contributed by atoms with van der Waals surface area (Å²) in [5, 5.41) is 23.6. The molecule has 1 aliphatic carbocycles. The van der Waals surface area contributed by atoms with Crippen LogP contribution < -0.4 is 4.31 Å². The Balaban J connectivity index is 1.57. The molecule has 0 bridgehead atoms. The Morgan fingerprint density at radius 3 is 2.24 bits per heavy atom. The summed E-state index contributed by atoms with van der Waals surface area (Å²) < 4.78 is 29.0. The molecule has 4 aromatic rings. The lowest BCUT2D eigenvalue weighted by molar-refractivity contribution is -0.135. The lowest BCUT2D eigenvalue weighted by Crippen LogP contribution is -2.35. The maximum atomic E-state index is 13.4. The van der Waals surface area contributed by atoms with Crippen molar-refractivity contribution in [1.82, 2.24) is 9.78 Å². The highest BCUT2D eigenvalue weighted by Gasteiger charge is 2.44. The molecule has 1 aliphatic rings. The molecule has 37 heavy (non-hydrogen) atoms. The number of nitrogens with zero attached hydrogens (tertiary/aromatic N) is 3. The van der Waals surface area contributed by atoms with Crippen molar-refractivity contribution < 1.29 is 28.2 Å². The fourth-order valence-corrected chi connectivity index (χ4v) is 6.02. The van der Waals surface area contributed by atoms with E-state index in [1.54, 1.807) is 30.3 Å². The molecule has 2 N–H and O–H groups in total. The quantitative estimate of drug-likeness (QED) is 0.342. The number of sulfonamides is 1. The predicted molar refractivity (Wildman–Crippen MR) is 136 cm³/mol. The number of carboxylic acids is 2. The minimum atomic E-state index is -4.19. The summed E-state index contributed by atoms with van der Waals surface area (Å²) in [4.78, 5) is 23.6. The van der Waals surface area contributed by atoms with Crippen molar-refractivity contribution in [3.8, 4) is 5.69 Å². The summed E-state index contributed by atoms with van der Waals surface area (Å²) >= 11 is 0. The SMILES string of the molecule is O=C(O)CN(c1cccc(-n2ncc(C(=O)O)c2[C@H]2C[C@@H]2c2ccccc2)c1)S(=O)(=O)c1ccccc1. The molecule has 0 amide bonds. The van der Waals surface area contributed by atoms with Gasteiger partial charge < -0.3 is 10.2 Å². The third kappa shape index (κ3) is 4.70. The van der Waals surface area contributed by atoms with Gasteiger partial charge in [0.15, 0.2) is 0 Å². The van der Waals surface area contributed by atoms with Gasteiger partial charge in [0.1, 0.15) is 12.1 Å². The topological polar surface area (TPSA) is 130 Å². The van der Waals surface area contributed by atoms with E-state index in [1.807, 2.05) is 30.3 Å². The highest BCUT2D eigenvalue weighted by atomic mass is 32.2. The van der Waals surface area contributed by atoms with Gasteiger partial charge >= 0.3 is 11.9 Å². The van der Waals surface area contributed by atoms with Crippen LogP contribution in [0.3, 0.4) is 0 Å². The second-order valence-corrected chi connectivity index (χ2v) is 10.6. The monoisotopic (exact) mass is 517 g/mol. The number of aromatic carboxylic acids is 1. The predicted octanol–water partition coefficient (Wildman–Crippen LogP) is 4.12. The second kappa shape index (κ2) is 9.55. The fourth-order valence-electron chi connectivity index (χ4n) is 4.59. The normalized spacial score (nSPS) is 16.8. The number of benzene rings is 3. The van der Waals surface area contributed by atoms with Crippen LogP contribution in [0.5, 0.6) is 0 Å². The molecule has 1 aromatic heterocycles. The highest BCUT2D eigenvalue weighted by molar-refractivity contribution is 7.92. The smallest absolute Gasteiger partial charge is 0.339 e. The van der Waals surface area contributed by atoms with Gasteiger partial charge in [-0.25, -0.2) is 17.9 Å². The first kappa shape index (κ1) is 24.3. The molecule has 1 heterocycles. The van der Waals surface area contributed by atoms with Gasteiger partial charge in [0.2, 0.25) is 0 Å². The zero-order valence-corrected chi connectivity index (χ0v) is 20.3. The number of hydrogen-bond acceptors (Lipinski definition) is 5. The highest BCUT2D eigenvalue weighted by Crippen LogP contribution is 2.55. The molecule has 2 atom stereocenters. The zero-order valence-electron chi connectivity index (χ0n) is 19.5. The van der Waals surface area contributed by atoms with E-state index < -0.39 is 28.5 Å². The van der Waals surface area contributed by atoms with E-state index in [-0.39, 0.29) is 28.0 Å². The Morgan fingerprint density at radius 1 is 0.919 bits per heavy atom. The number of carboxylic acid groups (broad SMARTS) is 2. The van der Waals surface area contributed by atoms with E-state index >= 15 is 0 Å². The summed E-state index contributed by atoms with van der Waals surface area (Å²) in [6, 6.07) is 23.7. The van der Waals surface area contributed by atoms with E-state index in [4.69, 9.17) is 0 Å². The Hall–Kier alpha value is -4.44. The van der Waals surface area contributed by atoms with Crippen LogP contribution in [0.15, 0.2) is 96.0 Å². The van der Waals surface area contributed by atoms with Crippen molar-refractivity contribution in [2.24, 2.45) is 0 Å². The van der Waals surface area contributed by atoms with E-state index in [1.165, 1.54) is 35.1 Å². The van der Waals surface area contributed by atoms with Crippen LogP contribution in [0.2, 0.25) is 0 Å². The molecule has 5 rings (SSSR count). The summed E-state index contributed by atoms with van der Waals surface area (Å²) in [5.74, 6) is -2.36. The number of rotatable bonds is 9. The average molecular weight is 518 g/mol. The molecule has 1 saturated carbocycles. The van der Waals surface area contributed by atoms with Gasteiger partial charge in [0.05, 0.1) is 28.2 Å². The minimum absolute atomic E-state index is 0.0433. The van der Waals surface area contributed by atoms with Crippen LogP contribution in [-0.4, -0.2) is 46.9 Å². The van der Waals surface area contributed by atoms with Gasteiger partial charge in [-0.3, -0.25) is 9.10 Å². The van der Waals surface area contributed by atoms with Crippen LogP contribution in [-0.2, 0) is 14.8 Å². The third-order valence-electron chi connectivity index (χ3n) is 6.38. The van der Waals surface area contributed by atoms with Crippen LogP contribution in [0, 0.1) is 0 Å². The number of hydrogen-bond donors (Lipinski definition) is 2. The fraction of sp³-hybridized carbons (Fsp3) is 0.148. The van der Waals surface area contributed by atoms with Crippen LogP contribution in [0.1, 0.15) is 39.9 Å². The molecule has 0 saturated heterocycles. The lowest BCUT2D eigenvalue weighted by atomic mass is 10.1. The Labute approximate surface area is 213 Å². The van der Waals surface area contributed by atoms with Crippen LogP contribution >= 0.6 is 0 Å². The van der Waals surface area contributed by atoms with Gasteiger partial charge in [-0.05, 0) is 48.2 Å². The van der Waals surface area contributed by atoms with Gasteiger partial charge in [0.25, 0.3) is 10.0 Å². The van der Waals surface area contributed by atoms with E-state index in [0.29, 0.717) is 11.4 Å². The Kier molecular flexibility index (Phi) is 6.26. The van der Waals surface area contributed by atoms with Gasteiger partial charge in [-0.15, -0.1) is 0 Å². The summed E-state index contributed by atoms with van der Waals surface area (Å²) in [5.41, 5.74) is 2.25. The standard InChI is InChI=1S/C27H23N3O6S/c31-25(32)17-29(37(35,36)21-12-5-2-6-13-21)19-10-7-11-20(14-19)30-26(24(16-28-30)27(33)34)23-15-22(23)18-8-3-1-4-9-18/h1-14,16,22-23H,15,17H2,(H,31,32)(H,33,34)/t22-,23+/m1/s1. The van der Waals surface area contributed by atoms with Crippen molar-refractivity contribution in [2.75, 3.05) is 10.8 Å². The van der Waals surface area contributed by atoms with Crippen molar-refractivity contribution in [3.63, 3.8) is 0 Å². The molecule has 188 valence electrons. The Bertz CT molecular complexity index is 1570. The number of anilines is 1. The summed E-state index contributed by atoms with van der Waals surface area (Å²) in [6.07, 6.45) is 2.05. The molecule has 0 radical (unpaired) electrons. The molecule has 10 heteroatoms. The molecular weight excluding hydrogens is 494 g/mol. The van der Waals surface area contributed by atoms with Gasteiger partial charge in [-0.1, -0.05) is 54.6 Å². The van der Waals surface area contributed by atoms with E-state index in [2.05, 4.69) is 5.10 Å². The first-order valence-corrected chi connectivity index (χ1v) is 13.0. The maximum Gasteiger partial charge on any atom is 0.339 e. The van der Waals surface area contributed by atoms with Crippen LogP contribution in [0.4, 0.5) is 5.69 Å². The molecule has 9 nitrogen and oxygen atoms in total. The maximum absolute atomic E-state index is 13.4. The first-order chi connectivity index (χ1) is 17.8. The molecule has 0 spiro atoms. The molecule has 0 unspecified atom stereocenters. The lowest BCUT2D eigenvalue weighted by Gasteiger charge is -2.23. The second-order valence-electron chi connectivity index (χ2n) is 8.76. The van der Waals surface area contributed by atoms with Crippen molar-refractivity contribution >= 4 is 27.6 Å². The van der Waals surface area contributed by atoms with Gasteiger partial charge in [0, 0.05) is 5.92 Å². The number of aliphatic carboxylic acids is 1. The minimum Gasteiger partial charge on any atom is -0.480 e.